The van der Waals surface area contributed by atoms with Gasteiger partial charge in [0.15, 0.2) is 0 Å². The number of hydrogen-bond donors (Lipinski definition) is 2. The van der Waals surface area contributed by atoms with Gasteiger partial charge in [-0.15, -0.1) is 13.2 Å². The van der Waals surface area contributed by atoms with E-state index in [0.29, 0.717) is 32.4 Å². The minimum atomic E-state index is -0.0876. The zero-order valence-corrected chi connectivity index (χ0v) is 13.4. The summed E-state index contributed by atoms with van der Waals surface area (Å²) >= 11 is 0. The number of nitrogens with two attached hydrogens (primary N) is 1. The third kappa shape index (κ3) is 5.64. The number of carbonyl (C=O) groups is 2. The predicted octanol–water partition coefficient (Wildman–Crippen LogP) is 1.60. The molecule has 0 aromatic heterocycles. The van der Waals surface area contributed by atoms with Gasteiger partial charge in [-0.1, -0.05) is 12.2 Å². The van der Waals surface area contributed by atoms with Gasteiger partial charge in [0, 0.05) is 38.0 Å². The van der Waals surface area contributed by atoms with Crippen molar-refractivity contribution in [2.24, 2.45) is 11.7 Å². The number of nitrogens with zero attached hydrogens (tertiary/aromatic N) is 1. The van der Waals surface area contributed by atoms with Crippen molar-refractivity contribution in [3.8, 4) is 0 Å². The molecule has 124 valence electrons. The first kappa shape index (κ1) is 18.4. The van der Waals surface area contributed by atoms with Crippen molar-refractivity contribution in [3.05, 3.63) is 25.3 Å². The standard InChI is InChI=1S/C17H29N3O2/c1-3-7-14(8-4-2)17(22)20-12-6-5-9-15(20)13-19-16(21)10-11-18/h3-4,14-15H,1-2,5-13,18H2,(H,19,21). The Labute approximate surface area is 133 Å². The number of amides is 2. The highest BCUT2D eigenvalue weighted by molar-refractivity contribution is 5.80. The van der Waals surface area contributed by atoms with Crippen LogP contribution in [0.3, 0.4) is 0 Å². The Hall–Kier alpha value is -1.62. The molecule has 0 aliphatic carbocycles. The molecule has 0 aromatic carbocycles. The zero-order chi connectivity index (χ0) is 16.4. The van der Waals surface area contributed by atoms with Gasteiger partial charge in [0.2, 0.25) is 11.8 Å². The highest BCUT2D eigenvalue weighted by atomic mass is 16.2. The number of allylic oxidation sites excluding steroid dienone is 2. The second kappa shape index (κ2) is 10.2. The molecule has 0 aromatic rings. The third-order valence-electron chi connectivity index (χ3n) is 4.07. The van der Waals surface area contributed by atoms with Gasteiger partial charge in [-0.05, 0) is 32.1 Å². The summed E-state index contributed by atoms with van der Waals surface area (Å²) in [6.45, 7) is 9.10. The quantitative estimate of drug-likeness (QED) is 0.635. The van der Waals surface area contributed by atoms with E-state index >= 15 is 0 Å². The SMILES string of the molecule is C=CCC(CC=C)C(=O)N1CCCCC1CNC(=O)CCN. The lowest BCUT2D eigenvalue weighted by atomic mass is 9.95. The molecule has 22 heavy (non-hydrogen) atoms. The summed E-state index contributed by atoms with van der Waals surface area (Å²) in [6, 6.07) is 0.0834. The topological polar surface area (TPSA) is 75.4 Å². The molecule has 5 nitrogen and oxygen atoms in total. The second-order valence-electron chi connectivity index (χ2n) is 5.77. The van der Waals surface area contributed by atoms with E-state index < -0.39 is 0 Å². The lowest BCUT2D eigenvalue weighted by molar-refractivity contribution is -0.139. The number of piperidine rings is 1. The van der Waals surface area contributed by atoms with Crippen LogP contribution in [0.1, 0.15) is 38.5 Å². The van der Waals surface area contributed by atoms with Crippen LogP contribution in [0.5, 0.6) is 0 Å². The maximum absolute atomic E-state index is 12.8. The van der Waals surface area contributed by atoms with E-state index in [4.69, 9.17) is 5.73 Å². The molecule has 1 aliphatic rings. The number of carbonyl (C=O) groups excluding carboxylic acids is 2. The van der Waals surface area contributed by atoms with Gasteiger partial charge in [0.1, 0.15) is 0 Å². The van der Waals surface area contributed by atoms with E-state index in [0.717, 1.165) is 25.8 Å². The molecule has 1 saturated heterocycles. The fraction of sp³-hybridized carbons (Fsp3) is 0.647. The van der Waals surface area contributed by atoms with E-state index in [1.165, 1.54) is 0 Å². The zero-order valence-electron chi connectivity index (χ0n) is 13.4. The molecule has 1 rings (SSSR count). The van der Waals surface area contributed by atoms with Gasteiger partial charge in [0.25, 0.3) is 0 Å². The van der Waals surface area contributed by atoms with E-state index in [1.807, 2.05) is 4.90 Å². The molecular weight excluding hydrogens is 278 g/mol. The van der Waals surface area contributed by atoms with Crippen LogP contribution in [0, 0.1) is 5.92 Å². The van der Waals surface area contributed by atoms with Crippen molar-refractivity contribution in [2.75, 3.05) is 19.6 Å². The second-order valence-corrected chi connectivity index (χ2v) is 5.77. The summed E-state index contributed by atoms with van der Waals surface area (Å²) in [5.74, 6) is 0.0159. The van der Waals surface area contributed by atoms with Crippen LogP contribution in [0.25, 0.3) is 0 Å². The molecule has 1 fully saturated rings. The number of nitrogens with one attached hydrogen (secondary N) is 1. The highest BCUT2D eigenvalue weighted by Gasteiger charge is 2.30. The Morgan fingerprint density at radius 1 is 1.27 bits per heavy atom. The first-order valence-corrected chi connectivity index (χ1v) is 8.13. The maximum Gasteiger partial charge on any atom is 0.226 e. The summed E-state index contributed by atoms with van der Waals surface area (Å²) in [7, 11) is 0. The molecule has 2 amide bonds. The van der Waals surface area contributed by atoms with Crippen LogP contribution in [0.4, 0.5) is 0 Å². The van der Waals surface area contributed by atoms with Gasteiger partial charge in [-0.3, -0.25) is 9.59 Å². The fourth-order valence-electron chi connectivity index (χ4n) is 2.89. The molecule has 5 heteroatoms. The minimum Gasteiger partial charge on any atom is -0.354 e. The van der Waals surface area contributed by atoms with Crippen molar-refractivity contribution in [2.45, 2.75) is 44.6 Å². The van der Waals surface area contributed by atoms with Crippen LogP contribution >= 0.6 is 0 Å². The minimum absolute atomic E-state index is 0.0470. The van der Waals surface area contributed by atoms with Crippen LogP contribution in [0.2, 0.25) is 0 Å². The van der Waals surface area contributed by atoms with Crippen molar-refractivity contribution in [1.29, 1.82) is 0 Å². The lowest BCUT2D eigenvalue weighted by Gasteiger charge is -2.38. The number of likely N-dealkylation sites (tertiary alicyclic amines) is 1. The molecule has 0 radical (unpaired) electrons. The normalized spacial score (nSPS) is 18.1. The monoisotopic (exact) mass is 307 g/mol. The van der Waals surface area contributed by atoms with Gasteiger partial charge < -0.3 is 16.0 Å². The van der Waals surface area contributed by atoms with Crippen LogP contribution in [-0.2, 0) is 9.59 Å². The third-order valence-corrected chi connectivity index (χ3v) is 4.07. The summed E-state index contributed by atoms with van der Waals surface area (Å²) < 4.78 is 0. The van der Waals surface area contributed by atoms with Gasteiger partial charge in [-0.2, -0.15) is 0 Å². The Morgan fingerprint density at radius 2 is 1.95 bits per heavy atom. The fourth-order valence-corrected chi connectivity index (χ4v) is 2.89. The van der Waals surface area contributed by atoms with E-state index in [2.05, 4.69) is 18.5 Å². The molecular formula is C17H29N3O2. The van der Waals surface area contributed by atoms with Crippen LogP contribution < -0.4 is 11.1 Å². The van der Waals surface area contributed by atoms with E-state index in [9.17, 15) is 9.59 Å². The molecule has 3 N–H and O–H groups in total. The largest absolute Gasteiger partial charge is 0.354 e. The molecule has 1 atom stereocenters. The number of rotatable bonds is 9. The molecule has 1 unspecified atom stereocenters. The van der Waals surface area contributed by atoms with Crippen molar-refractivity contribution < 1.29 is 9.59 Å². The average Bonchev–Trinajstić information content (AvgIpc) is 2.52. The molecule has 1 heterocycles. The molecule has 1 aliphatic heterocycles. The Kier molecular flexibility index (Phi) is 8.51. The number of hydrogen-bond acceptors (Lipinski definition) is 3. The molecule has 0 bridgehead atoms. The van der Waals surface area contributed by atoms with Gasteiger partial charge in [-0.25, -0.2) is 0 Å². The molecule has 0 saturated carbocycles. The average molecular weight is 307 g/mol. The lowest BCUT2D eigenvalue weighted by Crippen LogP contribution is -2.51. The van der Waals surface area contributed by atoms with Crippen LogP contribution in [0.15, 0.2) is 25.3 Å². The van der Waals surface area contributed by atoms with Gasteiger partial charge >= 0.3 is 0 Å². The first-order valence-electron chi connectivity index (χ1n) is 8.13. The maximum atomic E-state index is 12.8. The Bertz CT molecular complexity index is 385. The van der Waals surface area contributed by atoms with Crippen molar-refractivity contribution in [3.63, 3.8) is 0 Å². The summed E-state index contributed by atoms with van der Waals surface area (Å²) in [6.07, 6.45) is 8.27. The summed E-state index contributed by atoms with van der Waals surface area (Å²) in [5.41, 5.74) is 5.38. The van der Waals surface area contributed by atoms with Gasteiger partial charge in [0.05, 0.1) is 0 Å². The summed E-state index contributed by atoms with van der Waals surface area (Å²) in [4.78, 5) is 26.3. The van der Waals surface area contributed by atoms with Crippen molar-refractivity contribution in [1.82, 2.24) is 10.2 Å². The van der Waals surface area contributed by atoms with Crippen molar-refractivity contribution >= 4 is 11.8 Å². The predicted molar refractivity (Wildman–Crippen MR) is 89.2 cm³/mol. The summed E-state index contributed by atoms with van der Waals surface area (Å²) in [5, 5.41) is 2.89. The van der Waals surface area contributed by atoms with Crippen LogP contribution in [-0.4, -0.2) is 42.4 Å². The Morgan fingerprint density at radius 3 is 2.55 bits per heavy atom. The van der Waals surface area contributed by atoms with E-state index in [1.54, 1.807) is 12.2 Å². The van der Waals surface area contributed by atoms with E-state index in [-0.39, 0.29) is 23.8 Å². The smallest absolute Gasteiger partial charge is 0.226 e. The highest BCUT2D eigenvalue weighted by Crippen LogP contribution is 2.22. The Balaban J connectivity index is 2.66. The molecule has 0 spiro atoms. The first-order chi connectivity index (χ1) is 10.6.